The Labute approximate surface area is 90.9 Å². The van der Waals surface area contributed by atoms with E-state index in [1.807, 2.05) is 6.20 Å². The lowest BCUT2D eigenvalue weighted by Crippen LogP contribution is -2.37. The third kappa shape index (κ3) is 2.38. The number of nitrogens with zero attached hydrogens (tertiary/aromatic N) is 2. The molecule has 4 heteroatoms. The van der Waals surface area contributed by atoms with Crippen molar-refractivity contribution in [1.82, 2.24) is 14.9 Å². The lowest BCUT2D eigenvalue weighted by atomic mass is 10.0. The van der Waals surface area contributed by atoms with Crippen LogP contribution in [0.15, 0.2) is 12.5 Å². The van der Waals surface area contributed by atoms with Crippen LogP contribution in [0.4, 0.5) is 0 Å². The molecule has 1 aromatic rings. The maximum absolute atomic E-state index is 5.79. The van der Waals surface area contributed by atoms with Gasteiger partial charge in [0.05, 0.1) is 6.33 Å². The first-order valence-electron chi connectivity index (χ1n) is 5.69. The van der Waals surface area contributed by atoms with Gasteiger partial charge >= 0.3 is 0 Å². The normalized spacial score (nSPS) is 26.3. The molecule has 1 aliphatic rings. The van der Waals surface area contributed by atoms with Crippen LogP contribution in [0.1, 0.15) is 25.0 Å². The molecular formula is C11H20N4. The van der Waals surface area contributed by atoms with E-state index in [0.717, 1.165) is 13.1 Å². The van der Waals surface area contributed by atoms with Crippen LogP contribution in [0.5, 0.6) is 0 Å². The molecular weight excluding hydrogens is 188 g/mol. The fourth-order valence-corrected chi connectivity index (χ4v) is 2.63. The molecule has 0 bridgehead atoms. The molecule has 1 aromatic heterocycles. The van der Waals surface area contributed by atoms with Crippen LogP contribution in [0.3, 0.4) is 0 Å². The number of rotatable bonds is 4. The summed E-state index contributed by atoms with van der Waals surface area (Å²) in [5.74, 6) is 0.679. The minimum absolute atomic E-state index is 0.651. The molecule has 3 N–H and O–H groups in total. The molecule has 2 unspecified atom stereocenters. The van der Waals surface area contributed by atoms with Crippen molar-refractivity contribution in [2.45, 2.75) is 31.8 Å². The van der Waals surface area contributed by atoms with E-state index in [9.17, 15) is 0 Å². The number of H-pyrrole nitrogens is 1. The topological polar surface area (TPSA) is 57.9 Å². The van der Waals surface area contributed by atoms with E-state index in [2.05, 4.69) is 21.9 Å². The number of imidazole rings is 1. The van der Waals surface area contributed by atoms with Crippen molar-refractivity contribution in [3.8, 4) is 0 Å². The maximum Gasteiger partial charge on any atom is 0.0922 e. The van der Waals surface area contributed by atoms with Gasteiger partial charge in [-0.1, -0.05) is 6.42 Å². The fraction of sp³-hybridized carbons (Fsp3) is 0.727. The lowest BCUT2D eigenvalue weighted by molar-refractivity contribution is 0.191. The highest BCUT2D eigenvalue weighted by molar-refractivity contribution is 4.95. The quantitative estimate of drug-likeness (QED) is 0.775. The van der Waals surface area contributed by atoms with E-state index in [1.54, 1.807) is 6.33 Å². The number of hydrogen-bond acceptors (Lipinski definition) is 3. The standard InChI is InChI=1S/C11H20N4/c1-15(7-10-6-13-8-14-10)11-4-2-3-9(11)5-12/h6,8-9,11H,2-5,7,12H2,1H3,(H,13,14). The first-order valence-corrected chi connectivity index (χ1v) is 5.69. The molecule has 1 fully saturated rings. The number of nitrogens with two attached hydrogens (primary N) is 1. The van der Waals surface area contributed by atoms with Crippen molar-refractivity contribution in [1.29, 1.82) is 0 Å². The van der Waals surface area contributed by atoms with Gasteiger partial charge in [-0.15, -0.1) is 0 Å². The van der Waals surface area contributed by atoms with Gasteiger partial charge in [-0.05, 0) is 32.4 Å². The highest BCUT2D eigenvalue weighted by Gasteiger charge is 2.29. The van der Waals surface area contributed by atoms with Gasteiger partial charge in [-0.3, -0.25) is 4.90 Å². The smallest absolute Gasteiger partial charge is 0.0922 e. The minimum Gasteiger partial charge on any atom is -0.347 e. The highest BCUT2D eigenvalue weighted by Crippen LogP contribution is 2.28. The van der Waals surface area contributed by atoms with E-state index in [1.165, 1.54) is 25.0 Å². The summed E-state index contributed by atoms with van der Waals surface area (Å²) >= 11 is 0. The summed E-state index contributed by atoms with van der Waals surface area (Å²) in [5.41, 5.74) is 6.97. The van der Waals surface area contributed by atoms with Gasteiger partial charge in [-0.2, -0.15) is 0 Å². The van der Waals surface area contributed by atoms with Gasteiger partial charge in [0, 0.05) is 24.5 Å². The van der Waals surface area contributed by atoms with Crippen molar-refractivity contribution in [3.63, 3.8) is 0 Å². The molecule has 2 atom stereocenters. The van der Waals surface area contributed by atoms with Gasteiger partial charge in [0.2, 0.25) is 0 Å². The molecule has 0 radical (unpaired) electrons. The molecule has 2 rings (SSSR count). The minimum atomic E-state index is 0.651. The summed E-state index contributed by atoms with van der Waals surface area (Å²) in [7, 11) is 2.18. The van der Waals surface area contributed by atoms with Crippen molar-refractivity contribution < 1.29 is 0 Å². The molecule has 0 spiro atoms. The zero-order valence-electron chi connectivity index (χ0n) is 9.32. The Morgan fingerprint density at radius 3 is 3.13 bits per heavy atom. The monoisotopic (exact) mass is 208 g/mol. The molecule has 15 heavy (non-hydrogen) atoms. The molecule has 84 valence electrons. The average Bonchev–Trinajstić information content (AvgIpc) is 2.86. The third-order valence-corrected chi connectivity index (χ3v) is 3.46. The van der Waals surface area contributed by atoms with Crippen LogP contribution < -0.4 is 5.73 Å². The predicted octanol–water partition coefficient (Wildman–Crippen LogP) is 0.969. The third-order valence-electron chi connectivity index (χ3n) is 3.46. The Hall–Kier alpha value is -0.870. The molecule has 4 nitrogen and oxygen atoms in total. The van der Waals surface area contributed by atoms with Crippen LogP contribution in [0.25, 0.3) is 0 Å². The first kappa shape index (κ1) is 10.6. The summed E-state index contributed by atoms with van der Waals surface area (Å²) in [4.78, 5) is 9.58. The zero-order chi connectivity index (χ0) is 10.7. The Morgan fingerprint density at radius 2 is 2.47 bits per heavy atom. The van der Waals surface area contributed by atoms with Crippen molar-refractivity contribution in [2.24, 2.45) is 11.7 Å². The SMILES string of the molecule is CN(Cc1cnc[nH]1)C1CCCC1CN. The van der Waals surface area contributed by atoms with Gasteiger partial charge in [-0.25, -0.2) is 4.98 Å². The lowest BCUT2D eigenvalue weighted by Gasteiger charge is -2.28. The van der Waals surface area contributed by atoms with Crippen LogP contribution >= 0.6 is 0 Å². The van der Waals surface area contributed by atoms with Gasteiger partial charge in [0.1, 0.15) is 0 Å². The number of hydrogen-bond donors (Lipinski definition) is 2. The molecule has 0 amide bonds. The second-order valence-electron chi connectivity index (χ2n) is 4.49. The summed E-state index contributed by atoms with van der Waals surface area (Å²) in [6, 6.07) is 0.651. The van der Waals surface area contributed by atoms with E-state index in [4.69, 9.17) is 5.73 Å². The molecule has 1 saturated carbocycles. The summed E-state index contributed by atoms with van der Waals surface area (Å²) in [6.07, 6.45) is 7.52. The van der Waals surface area contributed by atoms with Crippen LogP contribution in [0, 0.1) is 5.92 Å². The number of nitrogens with one attached hydrogen (secondary N) is 1. The van der Waals surface area contributed by atoms with Crippen molar-refractivity contribution in [3.05, 3.63) is 18.2 Å². The van der Waals surface area contributed by atoms with Gasteiger partial charge in [0.15, 0.2) is 0 Å². The summed E-state index contributed by atoms with van der Waals surface area (Å²) in [5, 5.41) is 0. The van der Waals surface area contributed by atoms with Crippen LogP contribution in [-0.2, 0) is 6.54 Å². The van der Waals surface area contributed by atoms with Gasteiger partial charge in [0.25, 0.3) is 0 Å². The van der Waals surface area contributed by atoms with E-state index >= 15 is 0 Å². The van der Waals surface area contributed by atoms with Crippen molar-refractivity contribution >= 4 is 0 Å². The Kier molecular flexibility index (Phi) is 3.38. The predicted molar refractivity (Wildman–Crippen MR) is 60.2 cm³/mol. The number of aromatic nitrogens is 2. The first-order chi connectivity index (χ1) is 7.31. The van der Waals surface area contributed by atoms with E-state index in [0.29, 0.717) is 12.0 Å². The molecule has 1 heterocycles. The average molecular weight is 208 g/mol. The van der Waals surface area contributed by atoms with Gasteiger partial charge < -0.3 is 10.7 Å². The zero-order valence-corrected chi connectivity index (χ0v) is 9.32. The van der Waals surface area contributed by atoms with Crippen molar-refractivity contribution in [2.75, 3.05) is 13.6 Å². The highest BCUT2D eigenvalue weighted by atomic mass is 15.1. The maximum atomic E-state index is 5.79. The summed E-state index contributed by atoms with van der Waals surface area (Å²) in [6.45, 7) is 1.76. The fourth-order valence-electron chi connectivity index (χ4n) is 2.63. The second kappa shape index (κ2) is 4.77. The molecule has 1 aliphatic carbocycles. The van der Waals surface area contributed by atoms with Crippen LogP contribution in [0.2, 0.25) is 0 Å². The largest absolute Gasteiger partial charge is 0.347 e. The Bertz CT molecular complexity index is 283. The summed E-state index contributed by atoms with van der Waals surface area (Å²) < 4.78 is 0. The second-order valence-corrected chi connectivity index (χ2v) is 4.49. The van der Waals surface area contributed by atoms with Crippen LogP contribution in [-0.4, -0.2) is 34.5 Å². The molecule has 0 saturated heterocycles. The Morgan fingerprint density at radius 1 is 1.60 bits per heavy atom. The Balaban J connectivity index is 1.92. The molecule has 0 aromatic carbocycles. The molecule has 0 aliphatic heterocycles. The van der Waals surface area contributed by atoms with E-state index in [-0.39, 0.29) is 0 Å². The van der Waals surface area contributed by atoms with E-state index < -0.39 is 0 Å². The number of aromatic amines is 1.